The predicted octanol–water partition coefficient (Wildman–Crippen LogP) is 1.57. The lowest BCUT2D eigenvalue weighted by Crippen LogP contribution is -2.31. The van der Waals surface area contributed by atoms with Crippen LogP contribution in [0, 0.1) is 11.3 Å². The normalized spacial score (nSPS) is 10.4. The Morgan fingerprint density at radius 2 is 1.88 bits per heavy atom. The lowest BCUT2D eigenvalue weighted by molar-refractivity contribution is -0.112. The maximum absolute atomic E-state index is 12.0. The number of rotatable bonds is 8. The number of nitriles is 1. The van der Waals surface area contributed by atoms with Crippen molar-refractivity contribution in [2.45, 2.75) is 13.8 Å². The largest absolute Gasteiger partial charge is 0.450 e. The van der Waals surface area contributed by atoms with Gasteiger partial charge in [-0.2, -0.15) is 5.26 Å². The number of alkyl carbamates (subject to hydrolysis) is 1. The van der Waals surface area contributed by atoms with E-state index in [-0.39, 0.29) is 24.5 Å². The molecule has 0 bridgehead atoms. The third-order valence-electron chi connectivity index (χ3n) is 2.97. The molecule has 0 heterocycles. The van der Waals surface area contributed by atoms with Crippen molar-refractivity contribution >= 4 is 23.5 Å². The first-order chi connectivity index (χ1) is 12.0. The molecule has 0 aromatic heterocycles. The van der Waals surface area contributed by atoms with Crippen molar-refractivity contribution in [3.8, 4) is 6.07 Å². The molecule has 132 valence electrons. The summed E-state index contributed by atoms with van der Waals surface area (Å²) in [6, 6.07) is 8.14. The van der Waals surface area contributed by atoms with Crippen molar-refractivity contribution in [1.82, 2.24) is 10.6 Å². The molecule has 8 heteroatoms. The molecule has 0 atom stereocenters. The average molecular weight is 344 g/mol. The van der Waals surface area contributed by atoms with Crippen LogP contribution in [0.5, 0.6) is 0 Å². The number of nitrogens with one attached hydrogen (secondary N) is 3. The molecule has 1 rings (SSSR count). The Labute approximate surface area is 145 Å². The molecule has 0 fully saturated rings. The second-order valence-corrected chi connectivity index (χ2v) is 4.86. The summed E-state index contributed by atoms with van der Waals surface area (Å²) in [4.78, 5) is 34.3. The zero-order chi connectivity index (χ0) is 18.7. The van der Waals surface area contributed by atoms with E-state index in [1.54, 1.807) is 37.3 Å². The van der Waals surface area contributed by atoms with Crippen LogP contribution in [-0.2, 0) is 9.53 Å². The summed E-state index contributed by atoms with van der Waals surface area (Å²) in [5, 5.41) is 16.9. The Morgan fingerprint density at radius 1 is 1.20 bits per heavy atom. The molecular weight excluding hydrogens is 324 g/mol. The minimum absolute atomic E-state index is 0.0730. The molecule has 2 amide bonds. The molecule has 0 unspecified atom stereocenters. The third kappa shape index (κ3) is 7.18. The minimum atomic E-state index is -0.580. The Balaban J connectivity index is 2.49. The van der Waals surface area contributed by atoms with Crippen LogP contribution in [0.25, 0.3) is 0 Å². The summed E-state index contributed by atoms with van der Waals surface area (Å²) >= 11 is 0. The number of carbonyl (C=O) groups excluding carboxylic acids is 3. The fraction of sp³-hybridized carbons (Fsp3) is 0.294. The van der Waals surface area contributed by atoms with Crippen molar-refractivity contribution in [1.29, 1.82) is 5.26 Å². The van der Waals surface area contributed by atoms with Gasteiger partial charge in [0.25, 0.3) is 5.91 Å². The Morgan fingerprint density at radius 3 is 2.44 bits per heavy atom. The summed E-state index contributed by atoms with van der Waals surface area (Å²) in [5.41, 5.74) is 0.886. The molecule has 0 spiro atoms. The molecule has 3 N–H and O–H groups in total. The first kappa shape index (κ1) is 19.7. The van der Waals surface area contributed by atoms with Crippen molar-refractivity contribution in [3.05, 3.63) is 41.6 Å². The number of ether oxygens (including phenoxy) is 1. The van der Waals surface area contributed by atoms with E-state index in [0.29, 0.717) is 17.8 Å². The maximum Gasteiger partial charge on any atom is 0.407 e. The van der Waals surface area contributed by atoms with Crippen molar-refractivity contribution in [2.24, 2.45) is 0 Å². The standard InChI is InChI=1S/C17H20N4O4/c1-3-25-17(24)20-9-8-19-11-14(10-18)16(23)21-15-6-4-13(5-7-15)12(2)22/h4-7,11,19H,3,8-9H2,1-2H3,(H,20,24)(H,21,23)/b14-11-. The third-order valence-corrected chi connectivity index (χ3v) is 2.97. The predicted molar refractivity (Wildman–Crippen MR) is 91.8 cm³/mol. The molecule has 0 saturated heterocycles. The number of benzene rings is 1. The van der Waals surface area contributed by atoms with Crippen LogP contribution >= 0.6 is 0 Å². The van der Waals surface area contributed by atoms with Crippen LogP contribution in [0.4, 0.5) is 10.5 Å². The second-order valence-electron chi connectivity index (χ2n) is 4.86. The quantitative estimate of drug-likeness (QED) is 0.285. The molecule has 1 aromatic rings. The van der Waals surface area contributed by atoms with Gasteiger partial charge in [0.1, 0.15) is 11.6 Å². The van der Waals surface area contributed by atoms with Gasteiger partial charge in [0.2, 0.25) is 0 Å². The number of carbonyl (C=O) groups is 3. The summed E-state index contributed by atoms with van der Waals surface area (Å²) in [5.74, 6) is -0.653. The van der Waals surface area contributed by atoms with E-state index in [4.69, 9.17) is 5.26 Å². The second kappa shape index (κ2) is 10.4. The van der Waals surface area contributed by atoms with Gasteiger partial charge in [0.05, 0.1) is 6.61 Å². The van der Waals surface area contributed by atoms with Gasteiger partial charge in [0, 0.05) is 30.5 Å². The van der Waals surface area contributed by atoms with Crippen LogP contribution in [0.3, 0.4) is 0 Å². The highest BCUT2D eigenvalue weighted by molar-refractivity contribution is 6.06. The Hall–Kier alpha value is -3.34. The molecule has 0 aliphatic carbocycles. The number of nitrogens with zero attached hydrogens (tertiary/aromatic N) is 1. The van der Waals surface area contributed by atoms with Crippen LogP contribution in [0.15, 0.2) is 36.0 Å². The van der Waals surface area contributed by atoms with Crippen LogP contribution in [0.2, 0.25) is 0 Å². The van der Waals surface area contributed by atoms with Gasteiger partial charge in [-0.15, -0.1) is 0 Å². The number of ketones is 1. The van der Waals surface area contributed by atoms with E-state index in [2.05, 4.69) is 20.7 Å². The molecule has 25 heavy (non-hydrogen) atoms. The van der Waals surface area contributed by atoms with Crippen LogP contribution < -0.4 is 16.0 Å². The van der Waals surface area contributed by atoms with Crippen molar-refractivity contribution in [2.75, 3.05) is 25.0 Å². The fourth-order valence-electron chi connectivity index (χ4n) is 1.73. The Bertz CT molecular complexity index is 690. The van der Waals surface area contributed by atoms with Crippen molar-refractivity contribution in [3.63, 3.8) is 0 Å². The summed E-state index contributed by atoms with van der Waals surface area (Å²) in [6.45, 7) is 4.04. The average Bonchev–Trinajstić information content (AvgIpc) is 2.58. The van der Waals surface area contributed by atoms with Crippen LogP contribution in [-0.4, -0.2) is 37.5 Å². The fourth-order valence-corrected chi connectivity index (χ4v) is 1.73. The molecule has 0 aliphatic heterocycles. The van der Waals surface area contributed by atoms with Crippen LogP contribution in [0.1, 0.15) is 24.2 Å². The van der Waals surface area contributed by atoms with Gasteiger partial charge in [-0.25, -0.2) is 4.79 Å². The van der Waals surface area contributed by atoms with Gasteiger partial charge in [-0.05, 0) is 38.1 Å². The molecular formula is C17H20N4O4. The molecule has 0 saturated carbocycles. The SMILES string of the molecule is CCOC(=O)NCCN/C=C(/C#N)C(=O)Nc1ccc(C(C)=O)cc1. The molecule has 8 nitrogen and oxygen atoms in total. The van der Waals surface area contributed by atoms with Gasteiger partial charge in [-0.1, -0.05) is 0 Å². The first-order valence-electron chi connectivity index (χ1n) is 7.64. The van der Waals surface area contributed by atoms with Gasteiger partial charge in [-0.3, -0.25) is 9.59 Å². The van der Waals surface area contributed by atoms with Gasteiger partial charge in [0.15, 0.2) is 5.78 Å². The lowest BCUT2D eigenvalue weighted by atomic mass is 10.1. The molecule has 1 aromatic carbocycles. The smallest absolute Gasteiger partial charge is 0.407 e. The van der Waals surface area contributed by atoms with Crippen molar-refractivity contribution < 1.29 is 19.1 Å². The zero-order valence-electron chi connectivity index (χ0n) is 14.1. The minimum Gasteiger partial charge on any atom is -0.450 e. The first-order valence-corrected chi connectivity index (χ1v) is 7.64. The lowest BCUT2D eigenvalue weighted by Gasteiger charge is -2.07. The van der Waals surface area contributed by atoms with Gasteiger partial charge < -0.3 is 20.7 Å². The van der Waals surface area contributed by atoms with E-state index >= 15 is 0 Å². The molecule has 0 radical (unpaired) electrons. The van der Waals surface area contributed by atoms with Gasteiger partial charge >= 0.3 is 6.09 Å². The van der Waals surface area contributed by atoms with E-state index < -0.39 is 12.0 Å². The summed E-state index contributed by atoms with van der Waals surface area (Å²) < 4.78 is 4.69. The number of hydrogen-bond donors (Lipinski definition) is 3. The van der Waals surface area contributed by atoms with E-state index in [1.165, 1.54) is 13.1 Å². The maximum atomic E-state index is 12.0. The highest BCUT2D eigenvalue weighted by Crippen LogP contribution is 2.11. The Kier molecular flexibility index (Phi) is 8.23. The number of anilines is 1. The number of amides is 2. The monoisotopic (exact) mass is 344 g/mol. The topological polar surface area (TPSA) is 120 Å². The highest BCUT2D eigenvalue weighted by atomic mass is 16.5. The van der Waals surface area contributed by atoms with E-state index in [1.807, 2.05) is 0 Å². The highest BCUT2D eigenvalue weighted by Gasteiger charge is 2.09. The summed E-state index contributed by atoms with van der Waals surface area (Å²) in [7, 11) is 0. The van der Waals surface area contributed by atoms with E-state index in [9.17, 15) is 14.4 Å². The number of Topliss-reactive ketones (excluding diaryl/α,β-unsaturated/α-hetero) is 1. The number of hydrogen-bond acceptors (Lipinski definition) is 6. The van der Waals surface area contributed by atoms with E-state index in [0.717, 1.165) is 0 Å². The summed E-state index contributed by atoms with van der Waals surface area (Å²) in [6.07, 6.45) is 0.743. The zero-order valence-corrected chi connectivity index (χ0v) is 14.1. The molecule has 0 aliphatic rings.